The van der Waals surface area contributed by atoms with Crippen molar-refractivity contribution in [3.8, 4) is 11.5 Å². The second-order valence-corrected chi connectivity index (χ2v) is 5.73. The van der Waals surface area contributed by atoms with Crippen molar-refractivity contribution in [2.75, 3.05) is 33.8 Å². The second-order valence-electron chi connectivity index (χ2n) is 5.73. The van der Waals surface area contributed by atoms with Gasteiger partial charge in [0.1, 0.15) is 11.5 Å². The molecule has 0 aliphatic heterocycles. The van der Waals surface area contributed by atoms with E-state index in [1.165, 1.54) is 39.5 Å². The van der Waals surface area contributed by atoms with Gasteiger partial charge in [0.2, 0.25) is 0 Å². The lowest BCUT2D eigenvalue weighted by Crippen LogP contribution is -2.29. The molecule has 2 rings (SSSR count). The van der Waals surface area contributed by atoms with Crippen molar-refractivity contribution >= 4 is 23.7 Å². The molecule has 0 spiro atoms. The van der Waals surface area contributed by atoms with Crippen LogP contribution in [0.1, 0.15) is 26.3 Å². The lowest BCUT2D eigenvalue weighted by molar-refractivity contribution is 0.0587. The summed E-state index contributed by atoms with van der Waals surface area (Å²) in [4.78, 5) is 36.1. The van der Waals surface area contributed by atoms with Gasteiger partial charge < -0.3 is 29.6 Å². The zero-order valence-electron chi connectivity index (χ0n) is 16.5. The lowest BCUT2D eigenvalue weighted by atomic mass is 10.1. The summed E-state index contributed by atoms with van der Waals surface area (Å²) in [6, 6.07) is 8.73. The van der Waals surface area contributed by atoms with Gasteiger partial charge in [-0.2, -0.15) is 0 Å². The van der Waals surface area contributed by atoms with E-state index in [0.717, 1.165) is 5.56 Å². The summed E-state index contributed by atoms with van der Waals surface area (Å²) in [7, 11) is 5.51. The molecule has 0 saturated heterocycles. The monoisotopic (exact) mass is 402 g/mol. The van der Waals surface area contributed by atoms with Gasteiger partial charge in [0, 0.05) is 18.2 Å². The average molecular weight is 402 g/mol. The van der Waals surface area contributed by atoms with E-state index < -0.39 is 18.0 Å². The molecule has 0 saturated carbocycles. The fourth-order valence-corrected chi connectivity index (χ4v) is 2.52. The van der Waals surface area contributed by atoms with Crippen molar-refractivity contribution < 1.29 is 33.3 Å². The van der Waals surface area contributed by atoms with Crippen molar-refractivity contribution in [1.29, 1.82) is 0 Å². The quantitative estimate of drug-likeness (QED) is 0.685. The molecule has 0 aromatic heterocycles. The first-order chi connectivity index (χ1) is 13.9. The van der Waals surface area contributed by atoms with Crippen LogP contribution in [0.2, 0.25) is 0 Å². The third kappa shape index (κ3) is 5.38. The largest absolute Gasteiger partial charge is 0.497 e. The van der Waals surface area contributed by atoms with E-state index in [0.29, 0.717) is 11.5 Å². The van der Waals surface area contributed by atoms with Crippen LogP contribution in [-0.4, -0.2) is 46.4 Å². The van der Waals surface area contributed by atoms with Crippen molar-refractivity contribution in [2.45, 2.75) is 6.54 Å². The van der Waals surface area contributed by atoms with Crippen LogP contribution in [0, 0.1) is 0 Å². The van der Waals surface area contributed by atoms with Crippen LogP contribution < -0.4 is 20.1 Å². The molecule has 2 aromatic carbocycles. The van der Waals surface area contributed by atoms with Crippen molar-refractivity contribution in [2.24, 2.45) is 0 Å². The molecule has 2 N–H and O–H groups in total. The number of hydrogen-bond donors (Lipinski definition) is 2. The Hall–Kier alpha value is -3.75. The third-order valence-corrected chi connectivity index (χ3v) is 4.03. The molecule has 154 valence electrons. The van der Waals surface area contributed by atoms with E-state index in [-0.39, 0.29) is 23.4 Å². The van der Waals surface area contributed by atoms with Crippen LogP contribution in [0.3, 0.4) is 0 Å². The van der Waals surface area contributed by atoms with Crippen LogP contribution in [-0.2, 0) is 16.0 Å². The summed E-state index contributed by atoms with van der Waals surface area (Å²) in [6.07, 6.45) is 0. The Bertz CT molecular complexity index is 912. The minimum Gasteiger partial charge on any atom is -0.497 e. The zero-order chi connectivity index (χ0) is 21.4. The number of methoxy groups -OCH3 is 4. The predicted molar refractivity (Wildman–Crippen MR) is 105 cm³/mol. The van der Waals surface area contributed by atoms with Gasteiger partial charge in [-0.15, -0.1) is 0 Å². The molecule has 2 amide bonds. The first kappa shape index (κ1) is 21.5. The maximum atomic E-state index is 12.4. The summed E-state index contributed by atoms with van der Waals surface area (Å²) in [5, 5.41) is 5.22. The minimum absolute atomic E-state index is 0.0948. The fraction of sp³-hybridized carbons (Fsp3) is 0.250. The molecule has 0 heterocycles. The number of carbonyl (C=O) groups excluding carboxylic acids is 3. The summed E-state index contributed by atoms with van der Waals surface area (Å²) >= 11 is 0. The summed E-state index contributed by atoms with van der Waals surface area (Å²) in [5.74, 6) is -0.0913. The molecular weight excluding hydrogens is 380 g/mol. The Morgan fingerprint density at radius 2 is 1.59 bits per heavy atom. The molecule has 0 fully saturated rings. The van der Waals surface area contributed by atoms with Crippen LogP contribution in [0.5, 0.6) is 11.5 Å². The minimum atomic E-state index is -0.659. The summed E-state index contributed by atoms with van der Waals surface area (Å²) < 4.78 is 19.8. The maximum absolute atomic E-state index is 12.4. The Labute approximate surface area is 167 Å². The van der Waals surface area contributed by atoms with E-state index in [1.807, 2.05) is 0 Å². The molecule has 29 heavy (non-hydrogen) atoms. The van der Waals surface area contributed by atoms with Crippen molar-refractivity contribution in [3.63, 3.8) is 0 Å². The Morgan fingerprint density at radius 1 is 0.862 bits per heavy atom. The number of rotatable bonds is 7. The van der Waals surface area contributed by atoms with E-state index in [1.54, 1.807) is 25.3 Å². The van der Waals surface area contributed by atoms with E-state index in [9.17, 15) is 14.4 Å². The molecule has 9 heteroatoms. The van der Waals surface area contributed by atoms with Gasteiger partial charge in [-0.1, -0.05) is 0 Å². The third-order valence-electron chi connectivity index (χ3n) is 4.03. The molecule has 0 atom stereocenters. The number of hydrogen-bond acceptors (Lipinski definition) is 7. The number of ether oxygens (including phenoxy) is 4. The van der Waals surface area contributed by atoms with Gasteiger partial charge in [0.25, 0.3) is 0 Å². The highest BCUT2D eigenvalue weighted by atomic mass is 16.5. The molecule has 0 bridgehead atoms. The first-order valence-electron chi connectivity index (χ1n) is 8.50. The fourth-order valence-electron chi connectivity index (χ4n) is 2.52. The number of carbonyl (C=O) groups is 3. The van der Waals surface area contributed by atoms with Gasteiger partial charge in [0.15, 0.2) is 0 Å². The zero-order valence-corrected chi connectivity index (χ0v) is 16.5. The summed E-state index contributed by atoms with van der Waals surface area (Å²) in [5.41, 5.74) is 1.10. The molecular formula is C20H22N2O7. The topological polar surface area (TPSA) is 112 Å². The van der Waals surface area contributed by atoms with E-state index >= 15 is 0 Å². The van der Waals surface area contributed by atoms with Crippen LogP contribution in [0.25, 0.3) is 0 Å². The number of anilines is 1. The van der Waals surface area contributed by atoms with Gasteiger partial charge >= 0.3 is 18.0 Å². The highest BCUT2D eigenvalue weighted by molar-refractivity contribution is 6.03. The number of esters is 2. The highest BCUT2D eigenvalue weighted by Gasteiger charge is 2.17. The Kier molecular flexibility index (Phi) is 7.41. The number of nitrogens with one attached hydrogen (secondary N) is 2. The van der Waals surface area contributed by atoms with Gasteiger partial charge in [-0.25, -0.2) is 14.4 Å². The van der Waals surface area contributed by atoms with Crippen LogP contribution in [0.4, 0.5) is 10.5 Å². The first-order valence-corrected chi connectivity index (χ1v) is 8.50. The Balaban J connectivity index is 2.17. The van der Waals surface area contributed by atoms with Crippen LogP contribution in [0.15, 0.2) is 36.4 Å². The van der Waals surface area contributed by atoms with Gasteiger partial charge in [-0.3, -0.25) is 0 Å². The van der Waals surface area contributed by atoms with Crippen molar-refractivity contribution in [3.05, 3.63) is 53.1 Å². The summed E-state index contributed by atoms with van der Waals surface area (Å²) in [6.45, 7) is 0.156. The van der Waals surface area contributed by atoms with Gasteiger partial charge in [0.05, 0.1) is 45.3 Å². The SMILES string of the molecule is COC(=O)c1ccc(C(=O)OC)c(NC(=O)NCc2ccc(OC)cc2OC)c1. The second kappa shape index (κ2) is 9.98. The van der Waals surface area contributed by atoms with E-state index in [4.69, 9.17) is 14.2 Å². The average Bonchev–Trinajstić information content (AvgIpc) is 2.76. The van der Waals surface area contributed by atoms with Crippen LogP contribution >= 0.6 is 0 Å². The number of amides is 2. The Morgan fingerprint density at radius 3 is 2.21 bits per heavy atom. The standard InChI is InChI=1S/C20H22N2O7/c1-26-14-7-5-13(17(10-14)27-2)11-21-20(25)22-16-9-12(18(23)28-3)6-8-15(16)19(24)29-4/h5-10H,11H2,1-4H3,(H2,21,22,25). The van der Waals surface area contributed by atoms with Gasteiger partial charge in [-0.05, 0) is 30.3 Å². The lowest BCUT2D eigenvalue weighted by Gasteiger charge is -2.14. The molecule has 0 aliphatic rings. The smallest absolute Gasteiger partial charge is 0.339 e. The molecule has 0 aliphatic carbocycles. The maximum Gasteiger partial charge on any atom is 0.339 e. The highest BCUT2D eigenvalue weighted by Crippen LogP contribution is 2.24. The van der Waals surface area contributed by atoms with E-state index in [2.05, 4.69) is 15.4 Å². The molecule has 0 unspecified atom stereocenters. The normalized spacial score (nSPS) is 9.93. The predicted octanol–water partition coefficient (Wildman–Crippen LogP) is 2.60. The van der Waals surface area contributed by atoms with Crippen molar-refractivity contribution in [1.82, 2.24) is 5.32 Å². The molecule has 9 nitrogen and oxygen atoms in total. The number of benzene rings is 2. The molecule has 0 radical (unpaired) electrons. The number of urea groups is 1. The molecule has 2 aromatic rings.